The van der Waals surface area contributed by atoms with E-state index in [1.807, 2.05) is 6.07 Å². The van der Waals surface area contributed by atoms with Gasteiger partial charge >= 0.3 is 0 Å². The van der Waals surface area contributed by atoms with Crippen molar-refractivity contribution in [2.24, 2.45) is 0 Å². The standard InChI is InChI=1S/C13H9Cl3FN/c14-9-2-4-13(12(17)6-9)18-7-8-1-3-10(15)11(16)5-8/h1-6,18H,7H2. The minimum Gasteiger partial charge on any atom is -0.379 e. The number of rotatable bonds is 3. The van der Waals surface area contributed by atoms with E-state index in [1.165, 1.54) is 6.07 Å². The maximum absolute atomic E-state index is 13.5. The Balaban J connectivity index is 2.09. The summed E-state index contributed by atoms with van der Waals surface area (Å²) in [6.07, 6.45) is 0. The van der Waals surface area contributed by atoms with Crippen molar-refractivity contribution in [2.75, 3.05) is 5.32 Å². The molecule has 0 aromatic heterocycles. The van der Waals surface area contributed by atoms with Crippen molar-refractivity contribution >= 4 is 40.5 Å². The predicted molar refractivity (Wildman–Crippen MR) is 75.2 cm³/mol. The minimum absolute atomic E-state index is 0.368. The first-order valence-corrected chi connectivity index (χ1v) is 6.32. The highest BCUT2D eigenvalue weighted by molar-refractivity contribution is 6.42. The molecule has 0 radical (unpaired) electrons. The highest BCUT2D eigenvalue weighted by Crippen LogP contribution is 2.24. The molecule has 0 heterocycles. The van der Waals surface area contributed by atoms with Gasteiger partial charge in [-0.05, 0) is 35.9 Å². The fraction of sp³-hybridized carbons (Fsp3) is 0.0769. The van der Waals surface area contributed by atoms with Crippen molar-refractivity contribution in [3.8, 4) is 0 Å². The van der Waals surface area contributed by atoms with E-state index in [9.17, 15) is 4.39 Å². The summed E-state index contributed by atoms with van der Waals surface area (Å²) >= 11 is 17.4. The lowest BCUT2D eigenvalue weighted by molar-refractivity contribution is 0.630. The quantitative estimate of drug-likeness (QED) is 0.800. The highest BCUT2D eigenvalue weighted by Gasteiger charge is 2.03. The molecule has 0 unspecified atom stereocenters. The van der Waals surface area contributed by atoms with E-state index in [0.29, 0.717) is 27.3 Å². The van der Waals surface area contributed by atoms with Crippen LogP contribution in [0.15, 0.2) is 36.4 Å². The van der Waals surface area contributed by atoms with Crippen LogP contribution in [0.5, 0.6) is 0 Å². The van der Waals surface area contributed by atoms with Crippen molar-refractivity contribution in [1.82, 2.24) is 0 Å². The fourth-order valence-electron chi connectivity index (χ4n) is 1.48. The van der Waals surface area contributed by atoms with Crippen molar-refractivity contribution < 1.29 is 4.39 Å². The number of nitrogens with one attached hydrogen (secondary N) is 1. The van der Waals surface area contributed by atoms with Gasteiger partial charge in [0.25, 0.3) is 0 Å². The predicted octanol–water partition coefficient (Wildman–Crippen LogP) is 5.40. The van der Waals surface area contributed by atoms with Crippen molar-refractivity contribution in [1.29, 1.82) is 0 Å². The zero-order chi connectivity index (χ0) is 13.1. The molecular weight excluding hydrogens is 296 g/mol. The minimum atomic E-state index is -0.387. The summed E-state index contributed by atoms with van der Waals surface area (Å²) in [5, 5.41) is 4.31. The molecule has 18 heavy (non-hydrogen) atoms. The molecule has 2 aromatic carbocycles. The average molecular weight is 305 g/mol. The molecule has 94 valence electrons. The Morgan fingerprint density at radius 1 is 0.944 bits per heavy atom. The summed E-state index contributed by atoms with van der Waals surface area (Å²) in [6.45, 7) is 0.454. The second kappa shape index (κ2) is 5.79. The average Bonchev–Trinajstić information content (AvgIpc) is 2.32. The molecule has 0 spiro atoms. The van der Waals surface area contributed by atoms with Crippen LogP contribution >= 0.6 is 34.8 Å². The molecular formula is C13H9Cl3FN. The van der Waals surface area contributed by atoms with Gasteiger partial charge in [-0.3, -0.25) is 0 Å². The Labute approximate surface area is 119 Å². The third-order valence-corrected chi connectivity index (χ3v) is 3.37. The van der Waals surface area contributed by atoms with Gasteiger partial charge in [0, 0.05) is 11.6 Å². The first-order chi connectivity index (χ1) is 8.56. The molecule has 1 nitrogen and oxygen atoms in total. The molecule has 0 fully saturated rings. The Morgan fingerprint density at radius 2 is 1.72 bits per heavy atom. The third-order valence-electron chi connectivity index (χ3n) is 2.40. The molecule has 0 saturated carbocycles. The molecule has 0 amide bonds. The molecule has 0 bridgehead atoms. The second-order valence-electron chi connectivity index (χ2n) is 3.73. The van der Waals surface area contributed by atoms with Crippen LogP contribution in [0.1, 0.15) is 5.56 Å². The molecule has 0 saturated heterocycles. The van der Waals surface area contributed by atoms with E-state index in [0.717, 1.165) is 5.56 Å². The summed E-state index contributed by atoms with van der Waals surface area (Å²) in [7, 11) is 0. The Hall–Kier alpha value is -0.960. The maximum Gasteiger partial charge on any atom is 0.147 e. The molecule has 0 aliphatic rings. The van der Waals surface area contributed by atoms with Gasteiger partial charge in [0.2, 0.25) is 0 Å². The first kappa shape index (κ1) is 13.5. The van der Waals surface area contributed by atoms with Gasteiger partial charge in [-0.25, -0.2) is 4.39 Å². The van der Waals surface area contributed by atoms with E-state index >= 15 is 0 Å². The zero-order valence-corrected chi connectivity index (χ0v) is 11.5. The Morgan fingerprint density at radius 3 is 2.39 bits per heavy atom. The van der Waals surface area contributed by atoms with Crippen molar-refractivity contribution in [2.45, 2.75) is 6.54 Å². The molecule has 0 aliphatic carbocycles. The smallest absolute Gasteiger partial charge is 0.147 e. The van der Waals surface area contributed by atoms with Gasteiger partial charge in [0.05, 0.1) is 15.7 Å². The number of hydrogen-bond donors (Lipinski definition) is 1. The summed E-state index contributed by atoms with van der Waals surface area (Å²) in [6, 6.07) is 9.76. The molecule has 0 aliphatic heterocycles. The summed E-state index contributed by atoms with van der Waals surface area (Å²) < 4.78 is 13.5. The topological polar surface area (TPSA) is 12.0 Å². The van der Waals surface area contributed by atoms with Crippen LogP contribution in [0.3, 0.4) is 0 Å². The molecule has 2 aromatic rings. The largest absolute Gasteiger partial charge is 0.379 e. The van der Waals surface area contributed by atoms with E-state index in [1.54, 1.807) is 24.3 Å². The maximum atomic E-state index is 13.5. The third kappa shape index (κ3) is 3.29. The second-order valence-corrected chi connectivity index (χ2v) is 4.98. The van der Waals surface area contributed by atoms with Gasteiger partial charge in [-0.2, -0.15) is 0 Å². The Bertz CT molecular complexity index is 572. The van der Waals surface area contributed by atoms with E-state index in [-0.39, 0.29) is 5.82 Å². The van der Waals surface area contributed by atoms with Gasteiger partial charge in [0.15, 0.2) is 0 Å². The molecule has 5 heteroatoms. The van der Waals surface area contributed by atoms with Crippen LogP contribution in [0.4, 0.5) is 10.1 Å². The molecule has 0 atom stereocenters. The summed E-state index contributed by atoms with van der Waals surface area (Å²) in [5.74, 6) is -0.387. The normalized spacial score (nSPS) is 10.4. The van der Waals surface area contributed by atoms with Crippen LogP contribution in [0.25, 0.3) is 0 Å². The fourth-order valence-corrected chi connectivity index (χ4v) is 1.96. The summed E-state index contributed by atoms with van der Waals surface area (Å²) in [4.78, 5) is 0. The molecule has 1 N–H and O–H groups in total. The highest BCUT2D eigenvalue weighted by atomic mass is 35.5. The van der Waals surface area contributed by atoms with Crippen molar-refractivity contribution in [3.05, 3.63) is 62.8 Å². The SMILES string of the molecule is Fc1cc(Cl)ccc1NCc1ccc(Cl)c(Cl)c1. The molecule has 2 rings (SSSR count). The number of benzene rings is 2. The van der Waals surface area contributed by atoms with Crippen LogP contribution < -0.4 is 5.32 Å². The van der Waals surface area contributed by atoms with E-state index in [4.69, 9.17) is 34.8 Å². The summed E-state index contributed by atoms with van der Waals surface area (Å²) in [5.41, 5.74) is 1.31. The monoisotopic (exact) mass is 303 g/mol. The van der Waals surface area contributed by atoms with Crippen LogP contribution in [0.2, 0.25) is 15.1 Å². The number of anilines is 1. The Kier molecular flexibility index (Phi) is 4.33. The van der Waals surface area contributed by atoms with E-state index in [2.05, 4.69) is 5.32 Å². The van der Waals surface area contributed by atoms with Gasteiger partial charge < -0.3 is 5.32 Å². The zero-order valence-electron chi connectivity index (χ0n) is 9.18. The van der Waals surface area contributed by atoms with E-state index < -0.39 is 0 Å². The lowest BCUT2D eigenvalue weighted by Crippen LogP contribution is -2.01. The number of hydrogen-bond acceptors (Lipinski definition) is 1. The lowest BCUT2D eigenvalue weighted by Gasteiger charge is -2.08. The van der Waals surface area contributed by atoms with Gasteiger partial charge in [-0.15, -0.1) is 0 Å². The van der Waals surface area contributed by atoms with Gasteiger partial charge in [0.1, 0.15) is 5.82 Å². The number of halogens is 4. The first-order valence-electron chi connectivity index (χ1n) is 5.19. The van der Waals surface area contributed by atoms with Crippen LogP contribution in [0, 0.1) is 5.82 Å². The van der Waals surface area contributed by atoms with Gasteiger partial charge in [-0.1, -0.05) is 40.9 Å². The van der Waals surface area contributed by atoms with Crippen LogP contribution in [-0.4, -0.2) is 0 Å². The van der Waals surface area contributed by atoms with Crippen LogP contribution in [-0.2, 0) is 6.54 Å². The van der Waals surface area contributed by atoms with Crippen molar-refractivity contribution in [3.63, 3.8) is 0 Å². The lowest BCUT2D eigenvalue weighted by atomic mass is 10.2.